The molecule has 0 unspecified atom stereocenters. The largest absolute Gasteiger partial charge is 0.368 e. The Balaban J connectivity index is 1.88. The van der Waals surface area contributed by atoms with Gasteiger partial charge in [0.05, 0.1) is 0 Å². The first-order chi connectivity index (χ1) is 11.7. The van der Waals surface area contributed by atoms with Gasteiger partial charge in [0.25, 0.3) is 5.91 Å². The molecule has 0 saturated heterocycles. The van der Waals surface area contributed by atoms with Gasteiger partial charge in [0, 0.05) is 19.6 Å². The minimum absolute atomic E-state index is 0.0398. The summed E-state index contributed by atoms with van der Waals surface area (Å²) in [4.78, 5) is 14.3. The van der Waals surface area contributed by atoms with Crippen LogP contribution in [-0.4, -0.2) is 40.6 Å². The normalized spacial score (nSPS) is 10.4. The zero-order chi connectivity index (χ0) is 17.2. The van der Waals surface area contributed by atoms with E-state index < -0.39 is 0 Å². The highest BCUT2D eigenvalue weighted by atomic mass is 16.2. The molecule has 1 amide bonds. The summed E-state index contributed by atoms with van der Waals surface area (Å²) in [5.41, 5.74) is 1.69. The molecule has 0 aliphatic rings. The molecule has 2 rings (SSSR count). The molecule has 128 valence electrons. The molecule has 0 saturated carbocycles. The lowest BCUT2D eigenvalue weighted by Crippen LogP contribution is -2.33. The summed E-state index contributed by atoms with van der Waals surface area (Å²) in [5.74, 6) is 0.655. The highest BCUT2D eigenvalue weighted by molar-refractivity contribution is 5.92. The zero-order valence-electron chi connectivity index (χ0n) is 14.5. The summed E-state index contributed by atoms with van der Waals surface area (Å²) < 4.78 is 0. The fraction of sp³-hybridized carbons (Fsp3) is 0.421. The number of hydrogen-bond donors (Lipinski definition) is 1. The standard InChI is InChI=1S/C19H26N4O/c1-3-14-23(15-4-2)19(24)17-10-11-18(22-21-17)20-13-12-16-8-6-5-7-9-16/h5-11H,3-4,12-15H2,1-2H3,(H,20,22). The Morgan fingerprint density at radius 1 is 1.00 bits per heavy atom. The van der Waals surface area contributed by atoms with Crippen LogP contribution in [0, 0.1) is 0 Å². The number of benzene rings is 1. The number of anilines is 1. The molecule has 0 atom stereocenters. The average molecular weight is 326 g/mol. The Morgan fingerprint density at radius 3 is 2.29 bits per heavy atom. The van der Waals surface area contributed by atoms with E-state index >= 15 is 0 Å². The predicted molar refractivity (Wildman–Crippen MR) is 97.2 cm³/mol. The van der Waals surface area contributed by atoms with E-state index in [1.807, 2.05) is 29.2 Å². The number of rotatable bonds is 9. The molecule has 0 bridgehead atoms. The second-order valence-electron chi connectivity index (χ2n) is 5.76. The third-order valence-electron chi connectivity index (χ3n) is 3.72. The number of aromatic nitrogens is 2. The van der Waals surface area contributed by atoms with Crippen molar-refractivity contribution in [2.24, 2.45) is 0 Å². The van der Waals surface area contributed by atoms with Crippen LogP contribution in [-0.2, 0) is 6.42 Å². The SMILES string of the molecule is CCCN(CCC)C(=O)c1ccc(NCCc2ccccc2)nn1. The number of amides is 1. The fourth-order valence-electron chi connectivity index (χ4n) is 2.54. The van der Waals surface area contributed by atoms with Crippen LogP contribution in [0.4, 0.5) is 5.82 Å². The van der Waals surface area contributed by atoms with Crippen molar-refractivity contribution in [2.45, 2.75) is 33.1 Å². The van der Waals surface area contributed by atoms with Crippen molar-refractivity contribution in [1.82, 2.24) is 15.1 Å². The molecule has 0 aliphatic heterocycles. The molecule has 0 fully saturated rings. The van der Waals surface area contributed by atoms with Crippen LogP contribution < -0.4 is 5.32 Å². The Hall–Kier alpha value is -2.43. The predicted octanol–water partition coefficient (Wildman–Crippen LogP) is 3.39. The number of nitrogens with one attached hydrogen (secondary N) is 1. The van der Waals surface area contributed by atoms with Crippen molar-refractivity contribution >= 4 is 11.7 Å². The van der Waals surface area contributed by atoms with E-state index in [0.29, 0.717) is 11.5 Å². The fourth-order valence-corrected chi connectivity index (χ4v) is 2.54. The molecule has 5 heteroatoms. The first-order valence-electron chi connectivity index (χ1n) is 8.65. The van der Waals surface area contributed by atoms with E-state index in [4.69, 9.17) is 0 Å². The molecule has 0 spiro atoms. The lowest BCUT2D eigenvalue weighted by molar-refractivity contribution is 0.0748. The number of hydrogen-bond acceptors (Lipinski definition) is 4. The van der Waals surface area contributed by atoms with Crippen LogP contribution in [0.25, 0.3) is 0 Å². The van der Waals surface area contributed by atoms with Crippen LogP contribution in [0.3, 0.4) is 0 Å². The summed E-state index contributed by atoms with van der Waals surface area (Å²) in [7, 11) is 0. The second kappa shape index (κ2) is 9.65. The van der Waals surface area contributed by atoms with Crippen molar-refractivity contribution in [2.75, 3.05) is 25.0 Å². The van der Waals surface area contributed by atoms with E-state index in [-0.39, 0.29) is 5.91 Å². The van der Waals surface area contributed by atoms with Crippen molar-refractivity contribution in [3.8, 4) is 0 Å². The molecule has 0 radical (unpaired) electrons. The maximum atomic E-state index is 12.4. The van der Waals surface area contributed by atoms with Gasteiger partial charge in [0.15, 0.2) is 5.69 Å². The zero-order valence-corrected chi connectivity index (χ0v) is 14.5. The van der Waals surface area contributed by atoms with Gasteiger partial charge in [-0.25, -0.2) is 0 Å². The summed E-state index contributed by atoms with van der Waals surface area (Å²) in [6.07, 6.45) is 2.81. The molecular formula is C19H26N4O. The molecule has 2 aromatic rings. The van der Waals surface area contributed by atoms with Crippen LogP contribution in [0.15, 0.2) is 42.5 Å². The molecule has 1 aromatic heterocycles. The van der Waals surface area contributed by atoms with Crippen LogP contribution in [0.5, 0.6) is 0 Å². The molecule has 1 N–H and O–H groups in total. The van der Waals surface area contributed by atoms with E-state index in [2.05, 4.69) is 41.5 Å². The first-order valence-corrected chi connectivity index (χ1v) is 8.65. The molecular weight excluding hydrogens is 300 g/mol. The van der Waals surface area contributed by atoms with Gasteiger partial charge in [0.2, 0.25) is 0 Å². The quantitative estimate of drug-likeness (QED) is 0.767. The van der Waals surface area contributed by atoms with Gasteiger partial charge in [0.1, 0.15) is 5.82 Å². The summed E-state index contributed by atoms with van der Waals surface area (Å²) in [6, 6.07) is 13.9. The minimum atomic E-state index is -0.0398. The van der Waals surface area contributed by atoms with Gasteiger partial charge >= 0.3 is 0 Å². The van der Waals surface area contributed by atoms with Crippen molar-refractivity contribution in [3.63, 3.8) is 0 Å². The van der Waals surface area contributed by atoms with E-state index in [0.717, 1.165) is 38.9 Å². The van der Waals surface area contributed by atoms with Crippen LogP contribution in [0.1, 0.15) is 42.7 Å². The average Bonchev–Trinajstić information content (AvgIpc) is 2.62. The Kier molecular flexibility index (Phi) is 7.21. The lowest BCUT2D eigenvalue weighted by atomic mass is 10.1. The second-order valence-corrected chi connectivity index (χ2v) is 5.76. The van der Waals surface area contributed by atoms with E-state index in [1.54, 1.807) is 6.07 Å². The molecule has 24 heavy (non-hydrogen) atoms. The maximum Gasteiger partial charge on any atom is 0.274 e. The highest BCUT2D eigenvalue weighted by Crippen LogP contribution is 2.07. The Labute approximate surface area is 144 Å². The third-order valence-corrected chi connectivity index (χ3v) is 3.72. The van der Waals surface area contributed by atoms with Crippen LogP contribution >= 0.6 is 0 Å². The summed E-state index contributed by atoms with van der Waals surface area (Å²) in [6.45, 7) is 6.43. The third kappa shape index (κ3) is 5.33. The van der Waals surface area contributed by atoms with Gasteiger partial charge in [-0.15, -0.1) is 10.2 Å². The van der Waals surface area contributed by atoms with Gasteiger partial charge < -0.3 is 10.2 Å². The Bertz CT molecular complexity index is 607. The van der Waals surface area contributed by atoms with E-state index in [9.17, 15) is 4.79 Å². The van der Waals surface area contributed by atoms with Crippen molar-refractivity contribution < 1.29 is 4.79 Å². The van der Waals surface area contributed by atoms with Crippen molar-refractivity contribution in [1.29, 1.82) is 0 Å². The summed E-state index contributed by atoms with van der Waals surface area (Å²) in [5, 5.41) is 11.5. The Morgan fingerprint density at radius 2 is 1.71 bits per heavy atom. The topological polar surface area (TPSA) is 58.1 Å². The smallest absolute Gasteiger partial charge is 0.274 e. The molecule has 0 aliphatic carbocycles. The maximum absolute atomic E-state index is 12.4. The number of nitrogens with zero attached hydrogens (tertiary/aromatic N) is 3. The first kappa shape index (κ1) is 17.9. The monoisotopic (exact) mass is 326 g/mol. The molecule has 5 nitrogen and oxygen atoms in total. The molecule has 1 heterocycles. The van der Waals surface area contributed by atoms with Gasteiger partial charge in [-0.2, -0.15) is 0 Å². The molecule has 1 aromatic carbocycles. The van der Waals surface area contributed by atoms with Gasteiger partial charge in [-0.1, -0.05) is 44.2 Å². The van der Waals surface area contributed by atoms with Gasteiger partial charge in [-0.05, 0) is 37.0 Å². The van der Waals surface area contributed by atoms with Crippen molar-refractivity contribution in [3.05, 3.63) is 53.7 Å². The number of carbonyl (C=O) groups is 1. The minimum Gasteiger partial charge on any atom is -0.368 e. The lowest BCUT2D eigenvalue weighted by Gasteiger charge is -2.20. The van der Waals surface area contributed by atoms with Gasteiger partial charge in [-0.3, -0.25) is 4.79 Å². The highest BCUT2D eigenvalue weighted by Gasteiger charge is 2.15. The number of carbonyl (C=O) groups excluding carboxylic acids is 1. The van der Waals surface area contributed by atoms with E-state index in [1.165, 1.54) is 5.56 Å². The van der Waals surface area contributed by atoms with Crippen LogP contribution in [0.2, 0.25) is 0 Å². The summed E-state index contributed by atoms with van der Waals surface area (Å²) >= 11 is 0.